The highest BCUT2D eigenvalue weighted by Gasteiger charge is 2.38. The van der Waals surface area contributed by atoms with Crippen LogP contribution in [0, 0.1) is 15.9 Å². The third-order valence-corrected chi connectivity index (χ3v) is 5.97. The van der Waals surface area contributed by atoms with Crippen molar-refractivity contribution >= 4 is 22.5 Å². The highest BCUT2D eigenvalue weighted by Crippen LogP contribution is 2.35. The number of methoxy groups -OCH3 is 1. The van der Waals surface area contributed by atoms with Crippen LogP contribution >= 0.6 is 0 Å². The molecule has 134 valence electrons. The Morgan fingerprint density at radius 3 is 2.38 bits per heavy atom. The first kappa shape index (κ1) is 20.2. The van der Waals surface area contributed by atoms with Crippen molar-refractivity contribution in [3.05, 3.63) is 39.7 Å². The molecule has 0 N–H and O–H groups in total. The van der Waals surface area contributed by atoms with E-state index in [1.807, 2.05) is 0 Å². The van der Waals surface area contributed by atoms with Gasteiger partial charge in [-0.15, -0.1) is 0 Å². The van der Waals surface area contributed by atoms with Gasteiger partial charge in [0, 0.05) is 44.4 Å². The molecule has 0 bridgehead atoms. The third kappa shape index (κ3) is 4.83. The van der Waals surface area contributed by atoms with E-state index in [9.17, 15) is 23.5 Å². The molecular weight excluding hydrogens is 337 g/mol. The Morgan fingerprint density at radius 2 is 1.92 bits per heavy atom. The summed E-state index contributed by atoms with van der Waals surface area (Å²) in [4.78, 5) is 22.1. The predicted octanol–water partition coefficient (Wildman–Crippen LogP) is 3.10. The van der Waals surface area contributed by atoms with E-state index < -0.39 is 37.7 Å². The fraction of sp³-hybridized carbons (Fsp3) is 0.562. The molecule has 0 saturated heterocycles. The van der Waals surface area contributed by atoms with Gasteiger partial charge in [0.05, 0.1) is 18.5 Å². The zero-order valence-corrected chi connectivity index (χ0v) is 15.2. The van der Waals surface area contributed by atoms with Crippen LogP contribution < -0.4 is 0 Å². The predicted molar refractivity (Wildman–Crippen MR) is 89.8 cm³/mol. The number of benzene rings is 1. The van der Waals surface area contributed by atoms with Crippen LogP contribution in [0.3, 0.4) is 0 Å². The van der Waals surface area contributed by atoms with Crippen LogP contribution in [0.15, 0.2) is 18.2 Å². The van der Waals surface area contributed by atoms with Crippen molar-refractivity contribution < 1.29 is 23.1 Å². The van der Waals surface area contributed by atoms with Crippen molar-refractivity contribution in [2.24, 2.45) is 0 Å². The van der Waals surface area contributed by atoms with E-state index in [0.29, 0.717) is 0 Å². The van der Waals surface area contributed by atoms with E-state index in [1.165, 1.54) is 7.11 Å². The second-order valence-corrected chi connectivity index (χ2v) is 9.04. The molecule has 0 heterocycles. The summed E-state index contributed by atoms with van der Waals surface area (Å²) in [6.07, 6.45) is -0.233. The smallest absolute Gasteiger partial charge is 0.306 e. The van der Waals surface area contributed by atoms with Gasteiger partial charge in [-0.25, -0.2) is 4.39 Å². The standard InChI is InChI=1S/C16H22FNO5S/c1-15(2,3)24(22)10-16(4,9-14(19)23-5)12-8-11(18(20)21)6-7-13(12)17/h6-8H,9-10H2,1-5H3/t16-,24+/m1/s1. The molecule has 0 fully saturated rings. The fourth-order valence-corrected chi connectivity index (χ4v) is 3.48. The summed E-state index contributed by atoms with van der Waals surface area (Å²) in [5.74, 6) is -1.31. The molecule has 24 heavy (non-hydrogen) atoms. The number of halogens is 1. The van der Waals surface area contributed by atoms with Gasteiger partial charge in [0.15, 0.2) is 0 Å². The van der Waals surface area contributed by atoms with Gasteiger partial charge in [0.1, 0.15) is 5.82 Å². The molecule has 8 heteroatoms. The van der Waals surface area contributed by atoms with Gasteiger partial charge in [0.2, 0.25) is 0 Å². The number of nitro benzene ring substituents is 1. The largest absolute Gasteiger partial charge is 0.469 e. The Hall–Kier alpha value is -1.83. The van der Waals surface area contributed by atoms with Crippen molar-refractivity contribution in [1.29, 1.82) is 0 Å². The summed E-state index contributed by atoms with van der Waals surface area (Å²) in [7, 11) is -0.194. The molecule has 6 nitrogen and oxygen atoms in total. The van der Waals surface area contributed by atoms with Gasteiger partial charge in [-0.05, 0) is 26.8 Å². The van der Waals surface area contributed by atoms with E-state index >= 15 is 0 Å². The van der Waals surface area contributed by atoms with Crippen LogP contribution in [0.2, 0.25) is 0 Å². The molecule has 0 aliphatic carbocycles. The lowest BCUT2D eigenvalue weighted by Crippen LogP contribution is -2.38. The van der Waals surface area contributed by atoms with Crippen LogP contribution in [-0.4, -0.2) is 32.7 Å². The first-order valence-corrected chi connectivity index (χ1v) is 8.62. The lowest BCUT2D eigenvalue weighted by molar-refractivity contribution is -0.385. The monoisotopic (exact) mass is 359 g/mol. The van der Waals surface area contributed by atoms with Gasteiger partial charge < -0.3 is 4.74 Å². The molecule has 0 saturated carbocycles. The second-order valence-electron chi connectivity index (χ2n) is 6.84. The molecule has 0 aliphatic heterocycles. The first-order chi connectivity index (χ1) is 10.9. The quantitative estimate of drug-likeness (QED) is 0.442. The molecule has 0 amide bonds. The summed E-state index contributed by atoms with van der Waals surface area (Å²) < 4.78 is 31.0. The maximum Gasteiger partial charge on any atom is 0.306 e. The summed E-state index contributed by atoms with van der Waals surface area (Å²) in [6, 6.07) is 3.14. The van der Waals surface area contributed by atoms with Crippen LogP contribution in [0.5, 0.6) is 0 Å². The minimum Gasteiger partial charge on any atom is -0.469 e. The Kier molecular flexibility index (Phi) is 6.21. The van der Waals surface area contributed by atoms with Gasteiger partial charge >= 0.3 is 5.97 Å². The van der Waals surface area contributed by atoms with Crippen molar-refractivity contribution in [2.75, 3.05) is 12.9 Å². The average Bonchev–Trinajstić information content (AvgIpc) is 2.45. The first-order valence-electron chi connectivity index (χ1n) is 7.30. The third-order valence-electron chi connectivity index (χ3n) is 3.71. The van der Waals surface area contributed by atoms with Gasteiger partial charge in [-0.1, -0.05) is 6.92 Å². The molecule has 1 rings (SSSR count). The summed E-state index contributed by atoms with van der Waals surface area (Å²) >= 11 is 0. The Balaban J connectivity index is 3.42. The fourth-order valence-electron chi connectivity index (χ4n) is 2.21. The molecule has 0 aromatic heterocycles. The molecule has 1 aromatic carbocycles. The van der Waals surface area contributed by atoms with E-state index in [2.05, 4.69) is 4.74 Å². The highest BCUT2D eigenvalue weighted by atomic mass is 32.2. The topological polar surface area (TPSA) is 86.5 Å². The van der Waals surface area contributed by atoms with Gasteiger partial charge in [-0.3, -0.25) is 19.1 Å². The molecule has 1 aromatic rings. The van der Waals surface area contributed by atoms with Crippen LogP contribution in [0.4, 0.5) is 10.1 Å². The number of nitro groups is 1. The number of hydrogen-bond donors (Lipinski definition) is 0. The zero-order valence-electron chi connectivity index (χ0n) is 14.4. The molecule has 0 aliphatic rings. The summed E-state index contributed by atoms with van der Waals surface area (Å²) in [5, 5.41) is 11.0. The van der Waals surface area contributed by atoms with Crippen LogP contribution in [0.1, 0.15) is 39.7 Å². The van der Waals surface area contributed by atoms with E-state index in [0.717, 1.165) is 18.2 Å². The number of non-ortho nitro benzene ring substituents is 1. The van der Waals surface area contributed by atoms with Crippen molar-refractivity contribution in [3.63, 3.8) is 0 Å². The average molecular weight is 359 g/mol. The number of carbonyl (C=O) groups is 1. The van der Waals surface area contributed by atoms with Gasteiger partial charge in [-0.2, -0.15) is 0 Å². The Morgan fingerprint density at radius 1 is 1.33 bits per heavy atom. The van der Waals surface area contributed by atoms with E-state index in [4.69, 9.17) is 0 Å². The molecule has 2 atom stereocenters. The second kappa shape index (κ2) is 7.38. The number of ether oxygens (including phenoxy) is 1. The molecular formula is C16H22FNO5S. The number of esters is 1. The Bertz CT molecular complexity index is 671. The minimum atomic E-state index is -1.40. The van der Waals surface area contributed by atoms with Gasteiger partial charge in [0.25, 0.3) is 5.69 Å². The van der Waals surface area contributed by atoms with Crippen LogP contribution in [-0.2, 0) is 25.7 Å². The maximum absolute atomic E-state index is 14.4. The molecule has 0 radical (unpaired) electrons. The normalized spacial score (nSPS) is 15.4. The van der Waals surface area contributed by atoms with E-state index in [-0.39, 0.29) is 23.4 Å². The van der Waals surface area contributed by atoms with Crippen molar-refractivity contribution in [3.8, 4) is 0 Å². The molecule has 0 spiro atoms. The summed E-state index contributed by atoms with van der Waals surface area (Å²) in [5.41, 5.74) is -1.50. The van der Waals surface area contributed by atoms with E-state index in [1.54, 1.807) is 27.7 Å². The Labute approximate surface area is 143 Å². The lowest BCUT2D eigenvalue weighted by atomic mass is 9.80. The van der Waals surface area contributed by atoms with Crippen LogP contribution in [0.25, 0.3) is 0 Å². The SMILES string of the molecule is COC(=O)C[C@](C)(C[S@](=O)C(C)(C)C)c1cc([N+](=O)[O-])ccc1F. The number of rotatable bonds is 6. The number of nitrogens with zero attached hydrogens (tertiary/aromatic N) is 1. The maximum atomic E-state index is 14.4. The number of carbonyl (C=O) groups excluding carboxylic acids is 1. The molecule has 0 unspecified atom stereocenters. The highest BCUT2D eigenvalue weighted by molar-refractivity contribution is 7.86. The lowest BCUT2D eigenvalue weighted by Gasteiger charge is -2.32. The van der Waals surface area contributed by atoms with Crippen molar-refractivity contribution in [2.45, 2.75) is 44.3 Å². The summed E-state index contributed by atoms with van der Waals surface area (Å²) in [6.45, 7) is 6.87. The zero-order chi connectivity index (χ0) is 18.7. The minimum absolute atomic E-state index is 0.0142. The number of hydrogen-bond acceptors (Lipinski definition) is 5. The van der Waals surface area contributed by atoms with Crippen molar-refractivity contribution in [1.82, 2.24) is 0 Å².